The van der Waals surface area contributed by atoms with E-state index in [2.05, 4.69) is 16.3 Å². The Balaban J connectivity index is 2.23. The van der Waals surface area contributed by atoms with Crippen LogP contribution >= 0.6 is 11.8 Å². The van der Waals surface area contributed by atoms with Gasteiger partial charge < -0.3 is 0 Å². The van der Waals surface area contributed by atoms with Crippen LogP contribution in [0.1, 0.15) is 18.9 Å². The van der Waals surface area contributed by atoms with Gasteiger partial charge in [-0.15, -0.1) is 5.10 Å². The van der Waals surface area contributed by atoms with Gasteiger partial charge in [0.2, 0.25) is 0 Å². The van der Waals surface area contributed by atoms with E-state index in [0.717, 1.165) is 11.3 Å². The van der Waals surface area contributed by atoms with Crippen LogP contribution in [0.15, 0.2) is 39.1 Å². The summed E-state index contributed by atoms with van der Waals surface area (Å²) in [6.45, 7) is 2.66. The van der Waals surface area contributed by atoms with Crippen molar-refractivity contribution < 1.29 is 0 Å². The van der Waals surface area contributed by atoms with Gasteiger partial charge in [-0.3, -0.25) is 4.57 Å². The first kappa shape index (κ1) is 12.5. The maximum Gasteiger partial charge on any atom is 0.343 e. The maximum atomic E-state index is 11.5. The minimum absolute atomic E-state index is 0.187. The Morgan fingerprint density at radius 1 is 1.44 bits per heavy atom. The highest BCUT2D eigenvalue weighted by Crippen LogP contribution is 2.25. The Morgan fingerprint density at radius 3 is 2.78 bits per heavy atom. The molecule has 0 saturated heterocycles. The van der Waals surface area contributed by atoms with Gasteiger partial charge in [0.05, 0.1) is 11.6 Å². The van der Waals surface area contributed by atoms with Crippen LogP contribution in [0, 0.1) is 11.3 Å². The van der Waals surface area contributed by atoms with Crippen molar-refractivity contribution in [2.24, 2.45) is 0 Å². The number of hydrogen-bond acceptors (Lipinski definition) is 4. The van der Waals surface area contributed by atoms with Gasteiger partial charge >= 0.3 is 5.69 Å². The standard InChI is InChI=1S/C12H12N4OS/c1-2-7-16-11(17)14-15-12(16)18-10-5-3-9(8-13)4-6-10/h3-6H,2,7H2,1H3,(H,14,17). The molecule has 0 spiro atoms. The highest BCUT2D eigenvalue weighted by atomic mass is 32.2. The zero-order valence-electron chi connectivity index (χ0n) is 9.88. The summed E-state index contributed by atoms with van der Waals surface area (Å²) in [5.41, 5.74) is 0.431. The van der Waals surface area contributed by atoms with E-state index in [-0.39, 0.29) is 5.69 Å². The van der Waals surface area contributed by atoms with Gasteiger partial charge in [-0.05, 0) is 42.4 Å². The predicted molar refractivity (Wildman–Crippen MR) is 68.4 cm³/mol. The minimum atomic E-state index is -0.187. The van der Waals surface area contributed by atoms with Crippen LogP contribution in [-0.2, 0) is 6.54 Å². The lowest BCUT2D eigenvalue weighted by Gasteiger charge is -2.03. The zero-order chi connectivity index (χ0) is 13.0. The SMILES string of the molecule is CCCn1c(Sc2ccc(C#N)cc2)n[nH]c1=O. The molecule has 0 aliphatic heterocycles. The lowest BCUT2D eigenvalue weighted by atomic mass is 10.2. The fourth-order valence-electron chi connectivity index (χ4n) is 1.50. The number of H-pyrrole nitrogens is 1. The zero-order valence-corrected chi connectivity index (χ0v) is 10.7. The summed E-state index contributed by atoms with van der Waals surface area (Å²) in [6, 6.07) is 9.25. The van der Waals surface area contributed by atoms with Gasteiger partial charge in [-0.2, -0.15) is 5.26 Å². The molecule has 0 aliphatic carbocycles. The Hall–Kier alpha value is -2.00. The summed E-state index contributed by atoms with van der Waals surface area (Å²) < 4.78 is 1.61. The summed E-state index contributed by atoms with van der Waals surface area (Å²) in [5.74, 6) is 0. The molecule has 18 heavy (non-hydrogen) atoms. The van der Waals surface area contributed by atoms with Crippen molar-refractivity contribution in [1.82, 2.24) is 14.8 Å². The van der Waals surface area contributed by atoms with Crippen LogP contribution in [0.25, 0.3) is 0 Å². The third-order valence-electron chi connectivity index (χ3n) is 2.36. The van der Waals surface area contributed by atoms with E-state index in [1.165, 1.54) is 11.8 Å². The van der Waals surface area contributed by atoms with Crippen LogP contribution in [-0.4, -0.2) is 14.8 Å². The lowest BCUT2D eigenvalue weighted by molar-refractivity contribution is 0.604. The van der Waals surface area contributed by atoms with Crippen LogP contribution in [0.2, 0.25) is 0 Å². The maximum absolute atomic E-state index is 11.5. The molecule has 0 bridgehead atoms. The third kappa shape index (κ3) is 2.63. The quantitative estimate of drug-likeness (QED) is 0.912. The number of nitriles is 1. The molecule has 1 N–H and O–H groups in total. The molecule has 0 amide bonds. The fourth-order valence-corrected chi connectivity index (χ4v) is 2.36. The van der Waals surface area contributed by atoms with Crippen molar-refractivity contribution in [3.8, 4) is 6.07 Å². The van der Waals surface area contributed by atoms with Crippen molar-refractivity contribution in [3.05, 3.63) is 40.3 Å². The molecule has 1 heterocycles. The number of nitrogens with one attached hydrogen (secondary N) is 1. The second-order valence-corrected chi connectivity index (χ2v) is 4.74. The van der Waals surface area contributed by atoms with E-state index in [1.54, 1.807) is 16.7 Å². The first-order chi connectivity index (χ1) is 8.74. The van der Waals surface area contributed by atoms with E-state index in [0.29, 0.717) is 17.3 Å². The van der Waals surface area contributed by atoms with Crippen molar-refractivity contribution in [1.29, 1.82) is 5.26 Å². The van der Waals surface area contributed by atoms with Crippen LogP contribution < -0.4 is 5.69 Å². The Labute approximate surface area is 108 Å². The van der Waals surface area contributed by atoms with Gasteiger partial charge in [0, 0.05) is 11.4 Å². The highest BCUT2D eigenvalue weighted by Gasteiger charge is 2.08. The number of nitrogens with zero attached hydrogens (tertiary/aromatic N) is 3. The third-order valence-corrected chi connectivity index (χ3v) is 3.37. The summed E-state index contributed by atoms with van der Waals surface area (Å²) in [5, 5.41) is 15.8. The predicted octanol–water partition coefficient (Wildman–Crippen LogP) is 2.00. The number of aromatic nitrogens is 3. The molecular formula is C12H12N4OS. The monoisotopic (exact) mass is 260 g/mol. The molecule has 2 rings (SSSR count). The molecule has 0 unspecified atom stereocenters. The molecule has 1 aromatic heterocycles. The molecular weight excluding hydrogens is 248 g/mol. The van der Waals surface area contributed by atoms with E-state index in [4.69, 9.17) is 5.26 Å². The largest absolute Gasteiger partial charge is 0.343 e. The van der Waals surface area contributed by atoms with Crippen molar-refractivity contribution in [2.75, 3.05) is 0 Å². The molecule has 92 valence electrons. The smallest absolute Gasteiger partial charge is 0.270 e. The van der Waals surface area contributed by atoms with Crippen LogP contribution in [0.5, 0.6) is 0 Å². The highest BCUT2D eigenvalue weighted by molar-refractivity contribution is 7.99. The van der Waals surface area contributed by atoms with E-state index >= 15 is 0 Å². The molecule has 0 atom stereocenters. The minimum Gasteiger partial charge on any atom is -0.270 e. The molecule has 6 heteroatoms. The van der Waals surface area contributed by atoms with Crippen molar-refractivity contribution >= 4 is 11.8 Å². The molecule has 0 saturated carbocycles. The molecule has 5 nitrogen and oxygen atoms in total. The summed E-state index contributed by atoms with van der Waals surface area (Å²) in [6.07, 6.45) is 0.875. The summed E-state index contributed by atoms with van der Waals surface area (Å²) in [7, 11) is 0. The first-order valence-corrected chi connectivity index (χ1v) is 6.39. The molecule has 0 radical (unpaired) electrons. The lowest BCUT2D eigenvalue weighted by Crippen LogP contribution is -2.17. The Kier molecular flexibility index (Phi) is 3.85. The van der Waals surface area contributed by atoms with Gasteiger partial charge in [0.1, 0.15) is 0 Å². The topological polar surface area (TPSA) is 74.5 Å². The molecule has 1 aromatic carbocycles. The number of aromatic amines is 1. The van der Waals surface area contributed by atoms with E-state index in [1.807, 2.05) is 19.1 Å². The average Bonchev–Trinajstić information content (AvgIpc) is 2.73. The van der Waals surface area contributed by atoms with Crippen molar-refractivity contribution in [2.45, 2.75) is 29.9 Å². The first-order valence-electron chi connectivity index (χ1n) is 5.58. The van der Waals surface area contributed by atoms with Crippen LogP contribution in [0.3, 0.4) is 0 Å². The summed E-state index contributed by atoms with van der Waals surface area (Å²) >= 11 is 1.41. The van der Waals surface area contributed by atoms with Gasteiger partial charge in [0.15, 0.2) is 5.16 Å². The fraction of sp³-hybridized carbons (Fsp3) is 0.250. The van der Waals surface area contributed by atoms with Crippen LogP contribution in [0.4, 0.5) is 0 Å². The molecule has 0 aliphatic rings. The molecule has 2 aromatic rings. The van der Waals surface area contributed by atoms with Gasteiger partial charge in [-0.25, -0.2) is 9.89 Å². The number of benzene rings is 1. The second kappa shape index (κ2) is 5.56. The van der Waals surface area contributed by atoms with Gasteiger partial charge in [0.25, 0.3) is 0 Å². The normalized spacial score (nSPS) is 10.2. The summed E-state index contributed by atoms with van der Waals surface area (Å²) in [4.78, 5) is 12.5. The molecule has 0 fully saturated rings. The number of hydrogen-bond donors (Lipinski definition) is 1. The Morgan fingerprint density at radius 2 is 2.17 bits per heavy atom. The average molecular weight is 260 g/mol. The Bertz CT molecular complexity index is 621. The number of rotatable bonds is 4. The van der Waals surface area contributed by atoms with E-state index in [9.17, 15) is 4.79 Å². The van der Waals surface area contributed by atoms with Gasteiger partial charge in [-0.1, -0.05) is 6.92 Å². The second-order valence-electron chi connectivity index (χ2n) is 3.70. The van der Waals surface area contributed by atoms with E-state index < -0.39 is 0 Å². The van der Waals surface area contributed by atoms with Crippen molar-refractivity contribution in [3.63, 3.8) is 0 Å².